The molecule has 5 heteroatoms. The summed E-state index contributed by atoms with van der Waals surface area (Å²) in [4.78, 5) is 2.22. The summed E-state index contributed by atoms with van der Waals surface area (Å²) in [5.74, 6) is 0.734. The van der Waals surface area contributed by atoms with Gasteiger partial charge in [0.25, 0.3) is 0 Å². The Morgan fingerprint density at radius 2 is 2.05 bits per heavy atom. The molecule has 0 unspecified atom stereocenters. The molecule has 0 amide bonds. The molecule has 0 bridgehead atoms. The van der Waals surface area contributed by atoms with Crippen LogP contribution >= 0.6 is 0 Å². The minimum atomic E-state index is 0.118. The van der Waals surface area contributed by atoms with E-state index in [2.05, 4.69) is 17.3 Å². The SMILES string of the molecule is COCCN(C)CCNc1ccc(N)c(OC(C)C)c1. The molecular weight excluding hydrogens is 254 g/mol. The Morgan fingerprint density at radius 3 is 2.70 bits per heavy atom. The number of ether oxygens (including phenoxy) is 2. The lowest BCUT2D eigenvalue weighted by Gasteiger charge is -2.17. The number of hydrogen-bond donors (Lipinski definition) is 2. The molecule has 0 aliphatic heterocycles. The van der Waals surface area contributed by atoms with Crippen LogP contribution in [0.1, 0.15) is 13.8 Å². The smallest absolute Gasteiger partial charge is 0.144 e. The zero-order chi connectivity index (χ0) is 15.0. The number of nitrogens with zero attached hydrogens (tertiary/aromatic N) is 1. The number of nitrogen functional groups attached to an aromatic ring is 1. The van der Waals surface area contributed by atoms with E-state index in [4.69, 9.17) is 15.2 Å². The number of hydrogen-bond acceptors (Lipinski definition) is 5. The largest absolute Gasteiger partial charge is 0.489 e. The molecule has 0 aliphatic rings. The van der Waals surface area contributed by atoms with E-state index < -0.39 is 0 Å². The molecule has 0 saturated carbocycles. The summed E-state index contributed by atoms with van der Waals surface area (Å²) in [6.07, 6.45) is 0.118. The monoisotopic (exact) mass is 281 g/mol. The van der Waals surface area contributed by atoms with Crippen molar-refractivity contribution in [2.24, 2.45) is 0 Å². The summed E-state index contributed by atoms with van der Waals surface area (Å²) in [5.41, 5.74) is 7.59. The highest BCUT2D eigenvalue weighted by Gasteiger charge is 2.05. The third kappa shape index (κ3) is 6.12. The number of rotatable bonds is 9. The van der Waals surface area contributed by atoms with E-state index in [9.17, 15) is 0 Å². The molecule has 0 aliphatic carbocycles. The normalized spacial score (nSPS) is 11.1. The van der Waals surface area contributed by atoms with Crippen molar-refractivity contribution in [2.45, 2.75) is 20.0 Å². The molecule has 3 N–H and O–H groups in total. The van der Waals surface area contributed by atoms with Gasteiger partial charge in [0.15, 0.2) is 0 Å². The fourth-order valence-electron chi connectivity index (χ4n) is 1.75. The Kier molecular flexibility index (Phi) is 7.18. The number of anilines is 2. The zero-order valence-corrected chi connectivity index (χ0v) is 13.0. The lowest BCUT2D eigenvalue weighted by Crippen LogP contribution is -2.28. The van der Waals surface area contributed by atoms with E-state index in [0.29, 0.717) is 5.69 Å². The highest BCUT2D eigenvalue weighted by molar-refractivity contribution is 5.61. The highest BCUT2D eigenvalue weighted by Crippen LogP contribution is 2.26. The van der Waals surface area contributed by atoms with E-state index in [1.807, 2.05) is 32.0 Å². The minimum absolute atomic E-state index is 0.118. The van der Waals surface area contributed by atoms with Gasteiger partial charge in [-0.15, -0.1) is 0 Å². The Morgan fingerprint density at radius 1 is 1.30 bits per heavy atom. The molecular formula is C15H27N3O2. The van der Waals surface area contributed by atoms with Gasteiger partial charge in [0, 0.05) is 38.5 Å². The van der Waals surface area contributed by atoms with Gasteiger partial charge in [0.1, 0.15) is 5.75 Å². The Hall–Kier alpha value is -1.46. The first-order valence-corrected chi connectivity index (χ1v) is 7.00. The van der Waals surface area contributed by atoms with Crippen LogP contribution in [0.25, 0.3) is 0 Å². The van der Waals surface area contributed by atoms with Gasteiger partial charge < -0.3 is 25.4 Å². The molecule has 0 heterocycles. The molecule has 20 heavy (non-hydrogen) atoms. The first kappa shape index (κ1) is 16.6. The van der Waals surface area contributed by atoms with Crippen molar-refractivity contribution in [1.29, 1.82) is 0 Å². The molecule has 1 rings (SSSR count). The Labute approximate surface area is 122 Å². The highest BCUT2D eigenvalue weighted by atomic mass is 16.5. The predicted octanol–water partition coefficient (Wildman–Crippen LogP) is 2.05. The van der Waals surface area contributed by atoms with Crippen molar-refractivity contribution in [3.63, 3.8) is 0 Å². The molecule has 0 fully saturated rings. The molecule has 114 valence electrons. The molecule has 0 spiro atoms. The van der Waals surface area contributed by atoms with Gasteiger partial charge in [-0.05, 0) is 33.0 Å². The maximum atomic E-state index is 5.89. The topological polar surface area (TPSA) is 59.8 Å². The van der Waals surface area contributed by atoms with Crippen molar-refractivity contribution in [3.05, 3.63) is 18.2 Å². The minimum Gasteiger partial charge on any atom is -0.489 e. The second-order valence-electron chi connectivity index (χ2n) is 5.14. The number of likely N-dealkylation sites (N-methyl/N-ethyl adjacent to an activating group) is 1. The van der Waals surface area contributed by atoms with E-state index in [-0.39, 0.29) is 6.10 Å². The number of methoxy groups -OCH3 is 1. The average Bonchev–Trinajstić information content (AvgIpc) is 2.39. The van der Waals surface area contributed by atoms with Crippen LogP contribution in [0.15, 0.2) is 18.2 Å². The van der Waals surface area contributed by atoms with Crippen LogP contribution in [-0.2, 0) is 4.74 Å². The summed E-state index contributed by atoms with van der Waals surface area (Å²) in [7, 11) is 3.80. The molecule has 0 saturated heterocycles. The first-order valence-electron chi connectivity index (χ1n) is 7.00. The quantitative estimate of drug-likeness (QED) is 0.678. The van der Waals surface area contributed by atoms with Crippen LogP contribution in [0.2, 0.25) is 0 Å². The van der Waals surface area contributed by atoms with Gasteiger partial charge in [-0.25, -0.2) is 0 Å². The molecule has 0 radical (unpaired) electrons. The average molecular weight is 281 g/mol. The van der Waals surface area contributed by atoms with Gasteiger partial charge in [-0.1, -0.05) is 0 Å². The second kappa shape index (κ2) is 8.66. The van der Waals surface area contributed by atoms with E-state index in [1.54, 1.807) is 7.11 Å². The molecule has 0 atom stereocenters. The second-order valence-corrected chi connectivity index (χ2v) is 5.14. The van der Waals surface area contributed by atoms with Gasteiger partial charge in [0.05, 0.1) is 18.4 Å². The van der Waals surface area contributed by atoms with Crippen LogP contribution in [0.3, 0.4) is 0 Å². The number of benzene rings is 1. The van der Waals surface area contributed by atoms with Crippen LogP contribution in [0.4, 0.5) is 11.4 Å². The lowest BCUT2D eigenvalue weighted by molar-refractivity contribution is 0.163. The summed E-state index contributed by atoms with van der Waals surface area (Å²) < 4.78 is 10.7. The van der Waals surface area contributed by atoms with E-state index in [1.165, 1.54) is 0 Å². The Balaban J connectivity index is 2.44. The molecule has 5 nitrogen and oxygen atoms in total. The van der Waals surface area contributed by atoms with E-state index >= 15 is 0 Å². The predicted molar refractivity (Wildman–Crippen MR) is 84.5 cm³/mol. The molecule has 1 aromatic carbocycles. The fraction of sp³-hybridized carbons (Fsp3) is 0.600. The number of nitrogens with one attached hydrogen (secondary N) is 1. The zero-order valence-electron chi connectivity index (χ0n) is 13.0. The van der Waals surface area contributed by atoms with Crippen molar-refractivity contribution < 1.29 is 9.47 Å². The van der Waals surface area contributed by atoms with Gasteiger partial charge >= 0.3 is 0 Å². The van der Waals surface area contributed by atoms with Crippen molar-refractivity contribution >= 4 is 11.4 Å². The summed E-state index contributed by atoms with van der Waals surface area (Å²) >= 11 is 0. The maximum absolute atomic E-state index is 5.89. The molecule has 0 aromatic heterocycles. The van der Waals surface area contributed by atoms with Crippen LogP contribution in [0.5, 0.6) is 5.75 Å². The summed E-state index contributed by atoms with van der Waals surface area (Å²) in [6.45, 7) is 7.49. The molecule has 1 aromatic rings. The van der Waals surface area contributed by atoms with Crippen LogP contribution < -0.4 is 15.8 Å². The summed E-state index contributed by atoms with van der Waals surface area (Å²) in [5, 5.41) is 3.37. The van der Waals surface area contributed by atoms with Crippen molar-refractivity contribution in [3.8, 4) is 5.75 Å². The van der Waals surface area contributed by atoms with Crippen LogP contribution in [-0.4, -0.2) is 51.4 Å². The van der Waals surface area contributed by atoms with Crippen LogP contribution in [0, 0.1) is 0 Å². The standard InChI is InChI=1S/C15H27N3O2/c1-12(2)20-15-11-13(5-6-14(15)16)17-7-8-18(3)9-10-19-4/h5-6,11-12,17H,7-10,16H2,1-4H3. The summed E-state index contributed by atoms with van der Waals surface area (Å²) in [6, 6.07) is 5.79. The fourth-order valence-corrected chi connectivity index (χ4v) is 1.75. The van der Waals surface area contributed by atoms with Crippen molar-refractivity contribution in [2.75, 3.05) is 51.4 Å². The lowest BCUT2D eigenvalue weighted by atomic mass is 10.2. The third-order valence-electron chi connectivity index (χ3n) is 2.88. The first-order chi connectivity index (χ1) is 9.52. The maximum Gasteiger partial charge on any atom is 0.144 e. The van der Waals surface area contributed by atoms with Gasteiger partial charge in [-0.2, -0.15) is 0 Å². The van der Waals surface area contributed by atoms with E-state index in [0.717, 1.165) is 37.7 Å². The van der Waals surface area contributed by atoms with Crippen molar-refractivity contribution in [1.82, 2.24) is 4.90 Å². The number of nitrogens with two attached hydrogens (primary N) is 1. The Bertz CT molecular complexity index is 397. The third-order valence-corrected chi connectivity index (χ3v) is 2.88. The van der Waals surface area contributed by atoms with Gasteiger partial charge in [-0.3, -0.25) is 0 Å². The van der Waals surface area contributed by atoms with Gasteiger partial charge in [0.2, 0.25) is 0 Å².